The third kappa shape index (κ3) is 2.46. The monoisotopic (exact) mass is 340 g/mol. The summed E-state index contributed by atoms with van der Waals surface area (Å²) in [7, 11) is 0. The lowest BCUT2D eigenvalue weighted by atomic mass is 10.1. The minimum atomic E-state index is -0.349. The second kappa shape index (κ2) is 5.77. The molecular formula is C18H21FN6. The highest BCUT2D eigenvalue weighted by Gasteiger charge is 2.31. The summed E-state index contributed by atoms with van der Waals surface area (Å²) in [5, 5.41) is 7.84. The standard InChI is InChI=1S/C18H19FN6.H2/c19-14-5-6-15(25-10-9-24-8-2-3-12(24)11-25)21-17(14)16-13-4-1-7-20-18(13)23-22-16;/h1,4-7,12H,2-3,8-11H2,(H,20,22,23);1H. The lowest BCUT2D eigenvalue weighted by Gasteiger charge is -2.38. The van der Waals surface area contributed by atoms with Gasteiger partial charge in [0.2, 0.25) is 0 Å². The van der Waals surface area contributed by atoms with Crippen molar-refractivity contribution in [1.29, 1.82) is 0 Å². The lowest BCUT2D eigenvalue weighted by molar-refractivity contribution is 0.230. The van der Waals surface area contributed by atoms with Gasteiger partial charge in [-0.3, -0.25) is 10.00 Å². The molecule has 0 bridgehead atoms. The van der Waals surface area contributed by atoms with Gasteiger partial charge in [0, 0.05) is 38.7 Å². The van der Waals surface area contributed by atoms with Gasteiger partial charge >= 0.3 is 0 Å². The molecule has 6 nitrogen and oxygen atoms in total. The van der Waals surface area contributed by atoms with Crippen molar-refractivity contribution in [2.45, 2.75) is 18.9 Å². The van der Waals surface area contributed by atoms with E-state index in [9.17, 15) is 4.39 Å². The number of pyridine rings is 2. The van der Waals surface area contributed by atoms with Gasteiger partial charge in [0.1, 0.15) is 11.5 Å². The van der Waals surface area contributed by atoms with Gasteiger partial charge in [0.25, 0.3) is 0 Å². The summed E-state index contributed by atoms with van der Waals surface area (Å²) in [6.45, 7) is 4.15. The molecule has 0 aromatic carbocycles. The summed E-state index contributed by atoms with van der Waals surface area (Å²) >= 11 is 0. The summed E-state index contributed by atoms with van der Waals surface area (Å²) in [6.07, 6.45) is 4.18. The molecule has 1 atom stereocenters. The van der Waals surface area contributed by atoms with Gasteiger partial charge in [0.05, 0.1) is 5.69 Å². The Balaban J connectivity index is 0.00000168. The van der Waals surface area contributed by atoms with Gasteiger partial charge < -0.3 is 4.90 Å². The summed E-state index contributed by atoms with van der Waals surface area (Å²) in [5.74, 6) is 0.479. The van der Waals surface area contributed by atoms with Crippen LogP contribution < -0.4 is 4.90 Å². The van der Waals surface area contributed by atoms with E-state index in [0.717, 1.165) is 30.8 Å². The van der Waals surface area contributed by atoms with Crippen molar-refractivity contribution in [1.82, 2.24) is 25.1 Å². The Morgan fingerprint density at radius 3 is 3.12 bits per heavy atom. The molecule has 130 valence electrons. The van der Waals surface area contributed by atoms with E-state index in [1.54, 1.807) is 12.3 Å². The minimum absolute atomic E-state index is 0. The van der Waals surface area contributed by atoms with Crippen LogP contribution in [0.15, 0.2) is 30.5 Å². The molecule has 5 heterocycles. The van der Waals surface area contributed by atoms with Crippen molar-refractivity contribution >= 4 is 16.9 Å². The van der Waals surface area contributed by atoms with Gasteiger partial charge in [-0.25, -0.2) is 14.4 Å². The SMILES string of the molecule is Fc1ccc(N2CCN3CCCC3C2)nc1-c1[nH]nc2ncccc12.[HH]. The van der Waals surface area contributed by atoms with Crippen LogP contribution in [-0.2, 0) is 0 Å². The number of piperazine rings is 1. The van der Waals surface area contributed by atoms with Crippen LogP contribution in [0.4, 0.5) is 10.2 Å². The highest BCUT2D eigenvalue weighted by Crippen LogP contribution is 2.29. The molecule has 7 heteroatoms. The van der Waals surface area contributed by atoms with Crippen LogP contribution >= 0.6 is 0 Å². The zero-order valence-electron chi connectivity index (χ0n) is 13.8. The second-order valence-corrected chi connectivity index (χ2v) is 6.75. The Morgan fingerprint density at radius 2 is 2.16 bits per heavy atom. The van der Waals surface area contributed by atoms with Gasteiger partial charge in [-0.2, -0.15) is 5.10 Å². The fourth-order valence-electron chi connectivity index (χ4n) is 4.01. The highest BCUT2D eigenvalue weighted by atomic mass is 19.1. The van der Waals surface area contributed by atoms with Crippen LogP contribution in [0.1, 0.15) is 14.3 Å². The normalized spacial score (nSPS) is 21.0. The van der Waals surface area contributed by atoms with Crippen molar-refractivity contribution < 1.29 is 5.82 Å². The third-order valence-electron chi connectivity index (χ3n) is 5.31. The van der Waals surface area contributed by atoms with Gasteiger partial charge in [0.15, 0.2) is 11.5 Å². The van der Waals surface area contributed by atoms with Crippen molar-refractivity contribution in [3.8, 4) is 11.4 Å². The number of halogens is 1. The minimum Gasteiger partial charge on any atom is -0.354 e. The molecular weight excluding hydrogens is 319 g/mol. The smallest absolute Gasteiger partial charge is 0.181 e. The molecule has 0 amide bonds. The number of fused-ring (bicyclic) bond motifs is 2. The predicted octanol–water partition coefficient (Wildman–Crippen LogP) is 2.69. The molecule has 5 rings (SSSR count). The molecule has 0 aliphatic carbocycles. The number of aromatic amines is 1. The van der Waals surface area contributed by atoms with Gasteiger partial charge in [-0.15, -0.1) is 0 Å². The second-order valence-electron chi connectivity index (χ2n) is 6.75. The summed E-state index contributed by atoms with van der Waals surface area (Å²) < 4.78 is 14.5. The Morgan fingerprint density at radius 1 is 1.20 bits per heavy atom. The average molecular weight is 340 g/mol. The van der Waals surface area contributed by atoms with E-state index in [1.165, 1.54) is 25.5 Å². The van der Waals surface area contributed by atoms with E-state index in [-0.39, 0.29) is 7.24 Å². The van der Waals surface area contributed by atoms with Gasteiger partial charge in [-0.1, -0.05) is 0 Å². The van der Waals surface area contributed by atoms with E-state index in [4.69, 9.17) is 0 Å². The first-order chi connectivity index (χ1) is 12.3. The van der Waals surface area contributed by atoms with E-state index in [0.29, 0.717) is 23.1 Å². The van der Waals surface area contributed by atoms with Crippen molar-refractivity contribution in [2.24, 2.45) is 0 Å². The van der Waals surface area contributed by atoms with Gasteiger partial charge in [-0.05, 0) is 43.7 Å². The predicted molar refractivity (Wildman–Crippen MR) is 96.0 cm³/mol. The van der Waals surface area contributed by atoms with Crippen LogP contribution in [0.5, 0.6) is 0 Å². The van der Waals surface area contributed by atoms with E-state index in [2.05, 4.69) is 30.0 Å². The molecule has 3 aromatic heterocycles. The molecule has 0 radical (unpaired) electrons. The molecule has 3 aromatic rings. The molecule has 1 unspecified atom stereocenters. The molecule has 1 N–H and O–H groups in total. The average Bonchev–Trinajstić information content (AvgIpc) is 3.28. The lowest BCUT2D eigenvalue weighted by Crippen LogP contribution is -2.50. The number of rotatable bonds is 2. The fraction of sp³-hybridized carbons (Fsp3) is 0.389. The van der Waals surface area contributed by atoms with Crippen molar-refractivity contribution in [3.05, 3.63) is 36.3 Å². The number of hydrogen-bond acceptors (Lipinski definition) is 5. The van der Waals surface area contributed by atoms with Crippen LogP contribution in [0.2, 0.25) is 0 Å². The fourth-order valence-corrected chi connectivity index (χ4v) is 4.01. The Bertz CT molecular complexity index is 929. The summed E-state index contributed by atoms with van der Waals surface area (Å²) in [6, 6.07) is 7.58. The highest BCUT2D eigenvalue weighted by molar-refractivity contribution is 5.89. The van der Waals surface area contributed by atoms with Crippen LogP contribution in [-0.4, -0.2) is 57.3 Å². The maximum absolute atomic E-state index is 14.5. The number of H-pyrrole nitrogens is 1. The molecule has 2 aliphatic rings. The zero-order valence-corrected chi connectivity index (χ0v) is 13.8. The number of nitrogens with zero attached hydrogens (tertiary/aromatic N) is 5. The van der Waals surface area contributed by atoms with E-state index < -0.39 is 0 Å². The van der Waals surface area contributed by atoms with Crippen LogP contribution in [0.25, 0.3) is 22.4 Å². The molecule has 2 saturated heterocycles. The summed E-state index contributed by atoms with van der Waals surface area (Å²) in [5.41, 5.74) is 1.47. The number of aromatic nitrogens is 4. The van der Waals surface area contributed by atoms with Crippen LogP contribution in [0.3, 0.4) is 0 Å². The topological polar surface area (TPSA) is 60.9 Å². The number of nitrogens with one attached hydrogen (secondary N) is 1. The maximum atomic E-state index is 14.5. The van der Waals surface area contributed by atoms with Crippen molar-refractivity contribution in [2.75, 3.05) is 31.1 Å². The molecule has 2 aliphatic heterocycles. The number of anilines is 1. The largest absolute Gasteiger partial charge is 0.354 e. The molecule has 2 fully saturated rings. The van der Waals surface area contributed by atoms with E-state index >= 15 is 0 Å². The third-order valence-corrected chi connectivity index (χ3v) is 5.31. The van der Waals surface area contributed by atoms with E-state index in [1.807, 2.05) is 12.1 Å². The molecule has 0 spiro atoms. The quantitative estimate of drug-likeness (QED) is 0.777. The first kappa shape index (κ1) is 14.8. The number of hydrogen-bond donors (Lipinski definition) is 1. The molecule has 25 heavy (non-hydrogen) atoms. The Kier molecular flexibility index (Phi) is 3.41. The zero-order chi connectivity index (χ0) is 16.8. The first-order valence-corrected chi connectivity index (χ1v) is 8.74. The van der Waals surface area contributed by atoms with Crippen molar-refractivity contribution in [3.63, 3.8) is 0 Å². The molecule has 0 saturated carbocycles. The van der Waals surface area contributed by atoms with Crippen LogP contribution in [0, 0.1) is 5.82 Å². The summed E-state index contributed by atoms with van der Waals surface area (Å²) in [4.78, 5) is 13.7. The first-order valence-electron chi connectivity index (χ1n) is 8.74. The Labute approximate surface area is 146 Å². The maximum Gasteiger partial charge on any atom is 0.181 e. The Hall–Kier alpha value is -2.54.